The largest absolute Gasteiger partial charge is 0.478 e. The first-order chi connectivity index (χ1) is 9.08. The van der Waals surface area contributed by atoms with Crippen LogP contribution in [0.2, 0.25) is 5.02 Å². The normalized spacial score (nSPS) is 12.1. The quantitative estimate of drug-likeness (QED) is 0.790. The molecule has 0 amide bonds. The lowest BCUT2D eigenvalue weighted by Crippen LogP contribution is -2.13. The van der Waals surface area contributed by atoms with E-state index in [2.05, 4.69) is 10.3 Å². The Kier molecular flexibility index (Phi) is 4.36. The lowest BCUT2D eigenvalue weighted by atomic mass is 10.2. The average Bonchev–Trinajstić information content (AvgIpc) is 2.91. The van der Waals surface area contributed by atoms with Gasteiger partial charge in [-0.15, -0.1) is 0 Å². The van der Waals surface area contributed by atoms with Crippen molar-refractivity contribution in [3.05, 3.63) is 45.2 Å². The lowest BCUT2D eigenvalue weighted by molar-refractivity contribution is 0.0697. The van der Waals surface area contributed by atoms with Gasteiger partial charge < -0.3 is 15.5 Å². The van der Waals surface area contributed by atoms with Gasteiger partial charge in [0.1, 0.15) is 5.82 Å². The zero-order chi connectivity index (χ0) is 13.8. The number of aliphatic hydroxyl groups is 1. The molecule has 5 nitrogen and oxygen atoms in total. The van der Waals surface area contributed by atoms with Crippen molar-refractivity contribution in [2.45, 2.75) is 6.10 Å². The Morgan fingerprint density at radius 1 is 1.58 bits per heavy atom. The number of aromatic carboxylic acids is 1. The van der Waals surface area contributed by atoms with Crippen molar-refractivity contribution in [1.82, 2.24) is 4.98 Å². The summed E-state index contributed by atoms with van der Waals surface area (Å²) in [6, 6.07) is 3.17. The lowest BCUT2D eigenvalue weighted by Gasteiger charge is -2.11. The highest BCUT2D eigenvalue weighted by Gasteiger charge is 2.12. The summed E-state index contributed by atoms with van der Waals surface area (Å²) in [6.07, 6.45) is 0.599. The minimum Gasteiger partial charge on any atom is -0.478 e. The summed E-state index contributed by atoms with van der Waals surface area (Å²) in [5, 5.41) is 25.5. The van der Waals surface area contributed by atoms with Crippen molar-refractivity contribution in [1.29, 1.82) is 0 Å². The van der Waals surface area contributed by atoms with Gasteiger partial charge in [-0.05, 0) is 28.5 Å². The highest BCUT2D eigenvalue weighted by atomic mass is 35.5. The van der Waals surface area contributed by atoms with E-state index < -0.39 is 12.1 Å². The maximum Gasteiger partial charge on any atom is 0.337 e. The third-order valence-corrected chi connectivity index (χ3v) is 3.49. The molecule has 1 unspecified atom stereocenters. The number of carboxylic acid groups (broad SMARTS) is 1. The van der Waals surface area contributed by atoms with E-state index in [0.717, 1.165) is 5.56 Å². The monoisotopic (exact) mass is 298 g/mol. The van der Waals surface area contributed by atoms with Crippen LogP contribution < -0.4 is 5.32 Å². The number of pyridine rings is 1. The summed E-state index contributed by atoms with van der Waals surface area (Å²) in [5.74, 6) is -0.759. The Morgan fingerprint density at radius 3 is 3.00 bits per heavy atom. The van der Waals surface area contributed by atoms with Crippen molar-refractivity contribution in [2.24, 2.45) is 0 Å². The second kappa shape index (κ2) is 6.01. The predicted molar refractivity (Wildman–Crippen MR) is 74.0 cm³/mol. The van der Waals surface area contributed by atoms with Gasteiger partial charge in [-0.25, -0.2) is 9.78 Å². The number of hydrogen-bond donors (Lipinski definition) is 3. The van der Waals surface area contributed by atoms with Crippen LogP contribution in [0, 0.1) is 0 Å². The minimum absolute atomic E-state index is 0.0239. The first kappa shape index (κ1) is 13.8. The number of hydrogen-bond acceptors (Lipinski definition) is 5. The molecule has 2 rings (SSSR count). The number of thiophene rings is 1. The van der Waals surface area contributed by atoms with Crippen molar-refractivity contribution < 1.29 is 15.0 Å². The number of carboxylic acids is 1. The van der Waals surface area contributed by atoms with Crippen molar-refractivity contribution in [2.75, 3.05) is 11.9 Å². The second-order valence-electron chi connectivity index (χ2n) is 3.81. The second-order valence-corrected chi connectivity index (χ2v) is 5.00. The standard InChI is InChI=1S/C12H11ClN2O3S/c13-9-4-14-11(3-8(9)12(17)18)15-5-10(16)7-1-2-19-6-7/h1-4,6,10,16H,5H2,(H,14,15)(H,17,18). The van der Waals surface area contributed by atoms with Crippen LogP contribution in [0.3, 0.4) is 0 Å². The molecule has 0 spiro atoms. The fraction of sp³-hybridized carbons (Fsp3) is 0.167. The van der Waals surface area contributed by atoms with Crippen molar-refractivity contribution in [3.63, 3.8) is 0 Å². The Labute approximate surface area is 118 Å². The van der Waals surface area contributed by atoms with Gasteiger partial charge in [0, 0.05) is 12.7 Å². The van der Waals surface area contributed by atoms with E-state index in [1.165, 1.54) is 23.6 Å². The Hall–Kier alpha value is -1.63. The van der Waals surface area contributed by atoms with E-state index in [4.69, 9.17) is 16.7 Å². The van der Waals surface area contributed by atoms with E-state index in [0.29, 0.717) is 5.82 Å². The van der Waals surface area contributed by atoms with E-state index in [9.17, 15) is 9.90 Å². The molecule has 0 aromatic carbocycles. The number of nitrogens with zero attached hydrogens (tertiary/aromatic N) is 1. The van der Waals surface area contributed by atoms with Crippen molar-refractivity contribution in [3.8, 4) is 0 Å². The molecule has 0 aliphatic carbocycles. The van der Waals surface area contributed by atoms with Crippen LogP contribution in [0.4, 0.5) is 5.82 Å². The number of aliphatic hydroxyl groups excluding tert-OH is 1. The summed E-state index contributed by atoms with van der Waals surface area (Å²) in [4.78, 5) is 14.9. The molecular formula is C12H11ClN2O3S. The maximum absolute atomic E-state index is 10.9. The summed E-state index contributed by atoms with van der Waals surface area (Å²) >= 11 is 7.22. The molecule has 1 atom stereocenters. The smallest absolute Gasteiger partial charge is 0.337 e. The average molecular weight is 299 g/mol. The van der Waals surface area contributed by atoms with Gasteiger partial charge in [-0.1, -0.05) is 11.6 Å². The number of aromatic nitrogens is 1. The van der Waals surface area contributed by atoms with E-state index >= 15 is 0 Å². The van der Waals surface area contributed by atoms with Gasteiger partial charge in [0.25, 0.3) is 0 Å². The van der Waals surface area contributed by atoms with E-state index in [1.54, 1.807) is 0 Å². The van der Waals surface area contributed by atoms with Gasteiger partial charge in [0.15, 0.2) is 0 Å². The molecule has 0 bridgehead atoms. The molecule has 0 aliphatic rings. The first-order valence-corrected chi connectivity index (χ1v) is 6.73. The van der Waals surface area contributed by atoms with Crippen LogP contribution in [-0.2, 0) is 0 Å². The summed E-state index contributed by atoms with van der Waals surface area (Å²) in [7, 11) is 0. The zero-order valence-electron chi connectivity index (χ0n) is 9.71. The van der Waals surface area contributed by atoms with Crippen molar-refractivity contribution >= 4 is 34.7 Å². The van der Waals surface area contributed by atoms with Gasteiger partial charge in [0.05, 0.1) is 16.7 Å². The summed E-state index contributed by atoms with van der Waals surface area (Å²) in [5.41, 5.74) is 0.786. The van der Waals surface area contributed by atoms with Crippen LogP contribution in [0.1, 0.15) is 22.0 Å². The van der Waals surface area contributed by atoms with Crippen LogP contribution in [0.25, 0.3) is 0 Å². The van der Waals surface area contributed by atoms with Gasteiger partial charge in [-0.3, -0.25) is 0 Å². The fourth-order valence-electron chi connectivity index (χ4n) is 1.48. The molecule has 100 valence electrons. The molecule has 0 aliphatic heterocycles. The Bertz CT molecular complexity index is 574. The number of carbonyl (C=O) groups is 1. The van der Waals surface area contributed by atoms with Crippen LogP contribution in [0.15, 0.2) is 29.1 Å². The molecule has 0 saturated heterocycles. The predicted octanol–water partition coefficient (Wildman–Crippen LogP) is 2.64. The highest BCUT2D eigenvalue weighted by molar-refractivity contribution is 7.07. The number of nitrogens with one attached hydrogen (secondary N) is 1. The minimum atomic E-state index is -1.12. The van der Waals surface area contributed by atoms with Gasteiger partial charge in [-0.2, -0.15) is 11.3 Å². The summed E-state index contributed by atoms with van der Waals surface area (Å²) < 4.78 is 0. The Balaban J connectivity index is 2.04. The third kappa shape index (κ3) is 3.44. The van der Waals surface area contributed by atoms with Gasteiger partial charge >= 0.3 is 5.97 Å². The molecule has 3 N–H and O–H groups in total. The molecule has 19 heavy (non-hydrogen) atoms. The molecule has 2 heterocycles. The highest BCUT2D eigenvalue weighted by Crippen LogP contribution is 2.20. The third-order valence-electron chi connectivity index (χ3n) is 2.49. The molecule has 2 aromatic heterocycles. The molecule has 2 aromatic rings. The van der Waals surface area contributed by atoms with Crippen LogP contribution >= 0.6 is 22.9 Å². The maximum atomic E-state index is 10.9. The Morgan fingerprint density at radius 2 is 2.37 bits per heavy atom. The summed E-state index contributed by atoms with van der Waals surface area (Å²) in [6.45, 7) is 0.241. The molecule has 0 fully saturated rings. The van der Waals surface area contributed by atoms with E-state index in [-0.39, 0.29) is 17.1 Å². The first-order valence-electron chi connectivity index (χ1n) is 5.41. The fourth-order valence-corrected chi connectivity index (χ4v) is 2.37. The molecule has 0 radical (unpaired) electrons. The van der Waals surface area contributed by atoms with Crippen LogP contribution in [0.5, 0.6) is 0 Å². The number of anilines is 1. The van der Waals surface area contributed by atoms with Crippen LogP contribution in [-0.4, -0.2) is 27.7 Å². The number of rotatable bonds is 5. The van der Waals surface area contributed by atoms with Gasteiger partial charge in [0.2, 0.25) is 0 Å². The topological polar surface area (TPSA) is 82.5 Å². The molecule has 0 saturated carbocycles. The van der Waals surface area contributed by atoms with E-state index in [1.807, 2.05) is 16.8 Å². The molecular weight excluding hydrogens is 288 g/mol. The molecule has 7 heteroatoms. The zero-order valence-corrected chi connectivity index (χ0v) is 11.3. The SMILES string of the molecule is O=C(O)c1cc(NCC(O)c2ccsc2)ncc1Cl. The number of halogens is 1.